The lowest BCUT2D eigenvalue weighted by atomic mass is 9.67. The van der Waals surface area contributed by atoms with Crippen molar-refractivity contribution < 1.29 is 18.3 Å². The third-order valence-corrected chi connectivity index (χ3v) is 9.62. The highest BCUT2D eigenvalue weighted by Crippen LogP contribution is 2.57. The number of halogens is 1. The minimum atomic E-state index is -3.84. The zero-order valence-electron chi connectivity index (χ0n) is 19.0. The van der Waals surface area contributed by atoms with Crippen molar-refractivity contribution in [1.29, 1.82) is 0 Å². The Morgan fingerprint density at radius 2 is 1.85 bits per heavy atom. The molecule has 2 aliphatic rings. The van der Waals surface area contributed by atoms with Gasteiger partial charge in [-0.15, -0.1) is 0 Å². The monoisotopic (exact) mass is 539 g/mol. The minimum absolute atomic E-state index is 0.170. The van der Waals surface area contributed by atoms with Crippen LogP contribution < -0.4 is 4.74 Å². The molecule has 2 atom stereocenters. The first-order valence-electron chi connectivity index (χ1n) is 11.1. The smallest absolute Gasteiger partial charge is 0.243 e. The van der Waals surface area contributed by atoms with Crippen molar-refractivity contribution in [3.63, 3.8) is 0 Å². The van der Waals surface area contributed by atoms with Crippen molar-refractivity contribution in [3.05, 3.63) is 99.0 Å². The summed E-state index contributed by atoms with van der Waals surface area (Å²) in [6.07, 6.45) is 2.56. The van der Waals surface area contributed by atoms with Gasteiger partial charge in [0.05, 0.1) is 24.7 Å². The Kier molecular flexibility index (Phi) is 5.92. The molecular weight excluding hydrogens is 514 g/mol. The standard InChI is InChI=1S/C27H26BrNO4S/c1-18-7-11-23(12-8-18)34(31,32)29-16-21-13-20-14-22(33-2)10-9-19(20)15-27(21,17-30)26(29)24-5-3-4-6-25(24)28/h3-14,26,30H,15-17H2,1-2H3/t26-,27+/m0/s1. The van der Waals surface area contributed by atoms with Crippen LogP contribution in [0.2, 0.25) is 0 Å². The Bertz CT molecular complexity index is 1380. The van der Waals surface area contributed by atoms with Gasteiger partial charge in [0.1, 0.15) is 5.75 Å². The lowest BCUT2D eigenvalue weighted by molar-refractivity contribution is 0.118. The van der Waals surface area contributed by atoms with Gasteiger partial charge in [0.2, 0.25) is 10.0 Å². The highest BCUT2D eigenvalue weighted by Gasteiger charge is 2.56. The summed E-state index contributed by atoms with van der Waals surface area (Å²) < 4.78 is 35.8. The first kappa shape index (κ1) is 23.3. The van der Waals surface area contributed by atoms with Crippen LogP contribution in [0.3, 0.4) is 0 Å². The number of methoxy groups -OCH3 is 1. The minimum Gasteiger partial charge on any atom is -0.497 e. The molecule has 3 aromatic carbocycles. The fourth-order valence-corrected chi connectivity index (χ4v) is 7.41. The first-order chi connectivity index (χ1) is 16.3. The van der Waals surface area contributed by atoms with E-state index in [-0.39, 0.29) is 18.0 Å². The fraction of sp³-hybridized carbons (Fsp3) is 0.259. The number of fused-ring (bicyclic) bond motifs is 2. The number of rotatable bonds is 5. The topological polar surface area (TPSA) is 66.8 Å². The SMILES string of the molecule is COc1ccc2c(c1)C=C1CN(S(=O)(=O)c3ccc(C)cc3)[C@@H](c3ccccc3Br)[C@@]1(CO)C2. The predicted molar refractivity (Wildman–Crippen MR) is 136 cm³/mol. The molecule has 1 aliphatic carbocycles. The largest absolute Gasteiger partial charge is 0.497 e. The number of hydrogen-bond donors (Lipinski definition) is 1. The summed E-state index contributed by atoms with van der Waals surface area (Å²) in [5.74, 6) is 0.747. The van der Waals surface area contributed by atoms with Crippen molar-refractivity contribution in [2.75, 3.05) is 20.3 Å². The van der Waals surface area contributed by atoms with Crippen molar-refractivity contribution in [3.8, 4) is 5.75 Å². The number of sulfonamides is 1. The normalized spacial score (nSPS) is 22.1. The van der Waals surface area contributed by atoms with Gasteiger partial charge in [-0.05, 0) is 65.9 Å². The molecule has 7 heteroatoms. The van der Waals surface area contributed by atoms with E-state index in [2.05, 4.69) is 15.9 Å². The van der Waals surface area contributed by atoms with Gasteiger partial charge >= 0.3 is 0 Å². The van der Waals surface area contributed by atoms with E-state index < -0.39 is 21.5 Å². The Hall–Kier alpha value is -2.45. The summed E-state index contributed by atoms with van der Waals surface area (Å²) in [4.78, 5) is 0.252. The summed E-state index contributed by atoms with van der Waals surface area (Å²) in [5.41, 5.74) is 4.03. The van der Waals surface area contributed by atoms with Crippen LogP contribution in [-0.2, 0) is 16.4 Å². The maximum Gasteiger partial charge on any atom is 0.243 e. The molecule has 5 nitrogen and oxygen atoms in total. The van der Waals surface area contributed by atoms with E-state index in [9.17, 15) is 13.5 Å². The van der Waals surface area contributed by atoms with E-state index >= 15 is 0 Å². The van der Waals surface area contributed by atoms with Gasteiger partial charge in [0.15, 0.2) is 0 Å². The molecule has 0 bridgehead atoms. The molecule has 0 spiro atoms. The summed E-state index contributed by atoms with van der Waals surface area (Å²) >= 11 is 3.65. The van der Waals surface area contributed by atoms with Gasteiger partial charge in [0.25, 0.3) is 0 Å². The van der Waals surface area contributed by atoms with E-state index in [0.29, 0.717) is 6.42 Å². The van der Waals surface area contributed by atoms with Gasteiger partial charge < -0.3 is 9.84 Å². The molecular formula is C27H26BrNO4S. The molecule has 0 aromatic heterocycles. The van der Waals surface area contributed by atoms with Crippen molar-refractivity contribution >= 4 is 32.0 Å². The molecule has 0 saturated carbocycles. The third kappa shape index (κ3) is 3.62. The Morgan fingerprint density at radius 1 is 1.12 bits per heavy atom. The number of hydrogen-bond acceptors (Lipinski definition) is 4. The molecule has 1 saturated heterocycles. The molecule has 0 amide bonds. The molecule has 5 rings (SSSR count). The van der Waals surface area contributed by atoms with E-state index in [1.165, 1.54) is 0 Å². The predicted octanol–water partition coefficient (Wildman–Crippen LogP) is 5.13. The summed E-state index contributed by atoms with van der Waals surface area (Å²) in [6, 6.07) is 19.9. The fourth-order valence-electron chi connectivity index (χ4n) is 5.25. The molecule has 1 aliphatic heterocycles. The zero-order valence-corrected chi connectivity index (χ0v) is 21.4. The first-order valence-corrected chi connectivity index (χ1v) is 13.4. The van der Waals surface area contributed by atoms with Crippen molar-refractivity contribution in [1.82, 2.24) is 4.31 Å². The second kappa shape index (κ2) is 8.64. The Morgan fingerprint density at radius 3 is 2.53 bits per heavy atom. The van der Waals surface area contributed by atoms with Crippen LogP contribution in [0.1, 0.15) is 28.3 Å². The number of aliphatic hydroxyl groups excluding tert-OH is 1. The molecule has 34 heavy (non-hydrogen) atoms. The second-order valence-corrected chi connectivity index (χ2v) is 11.8. The third-order valence-electron chi connectivity index (χ3n) is 7.08. The average molecular weight is 540 g/mol. The molecule has 176 valence electrons. The van der Waals surface area contributed by atoms with Crippen LogP contribution in [0.4, 0.5) is 0 Å². The second-order valence-electron chi connectivity index (χ2n) is 9.01. The molecule has 3 aromatic rings. The lowest BCUT2D eigenvalue weighted by Gasteiger charge is -2.40. The van der Waals surface area contributed by atoms with Crippen LogP contribution in [0.5, 0.6) is 5.75 Å². The van der Waals surface area contributed by atoms with Crippen LogP contribution >= 0.6 is 15.9 Å². The molecule has 1 heterocycles. The maximum absolute atomic E-state index is 14.0. The average Bonchev–Trinajstić information content (AvgIpc) is 3.17. The molecule has 0 radical (unpaired) electrons. The number of benzene rings is 3. The highest BCUT2D eigenvalue weighted by molar-refractivity contribution is 9.10. The summed E-state index contributed by atoms with van der Waals surface area (Å²) in [7, 11) is -2.21. The van der Waals surface area contributed by atoms with Crippen molar-refractivity contribution in [2.45, 2.75) is 24.3 Å². The number of ether oxygens (including phenoxy) is 1. The number of nitrogens with zero attached hydrogens (tertiary/aromatic N) is 1. The lowest BCUT2D eigenvalue weighted by Crippen LogP contribution is -2.40. The number of aryl methyl sites for hydroxylation is 1. The molecule has 1 fully saturated rings. The summed E-state index contributed by atoms with van der Waals surface area (Å²) in [6.45, 7) is 1.97. The van der Waals surface area contributed by atoms with Crippen LogP contribution in [0.15, 0.2) is 81.7 Å². The van der Waals surface area contributed by atoms with Crippen LogP contribution in [0.25, 0.3) is 6.08 Å². The van der Waals surface area contributed by atoms with Crippen LogP contribution in [-0.4, -0.2) is 38.1 Å². The Labute approximate surface area is 208 Å². The van der Waals surface area contributed by atoms with Gasteiger partial charge in [-0.3, -0.25) is 0 Å². The van der Waals surface area contributed by atoms with E-state index in [0.717, 1.165) is 38.0 Å². The highest BCUT2D eigenvalue weighted by atomic mass is 79.9. The van der Waals surface area contributed by atoms with Gasteiger partial charge in [0, 0.05) is 16.4 Å². The number of aliphatic hydroxyl groups is 1. The van der Waals surface area contributed by atoms with E-state index in [4.69, 9.17) is 4.74 Å². The van der Waals surface area contributed by atoms with E-state index in [1.54, 1.807) is 23.5 Å². The molecule has 1 N–H and O–H groups in total. The van der Waals surface area contributed by atoms with Crippen molar-refractivity contribution in [2.24, 2.45) is 5.41 Å². The maximum atomic E-state index is 14.0. The summed E-state index contributed by atoms with van der Waals surface area (Å²) in [5, 5.41) is 10.9. The van der Waals surface area contributed by atoms with Gasteiger partial charge in [-0.25, -0.2) is 8.42 Å². The van der Waals surface area contributed by atoms with Crippen LogP contribution in [0, 0.1) is 12.3 Å². The van der Waals surface area contributed by atoms with Gasteiger partial charge in [-0.1, -0.05) is 64.0 Å². The zero-order chi connectivity index (χ0) is 24.1. The van der Waals surface area contributed by atoms with E-state index in [1.807, 2.05) is 67.6 Å². The van der Waals surface area contributed by atoms with Gasteiger partial charge in [-0.2, -0.15) is 4.31 Å². The Balaban J connectivity index is 1.72. The quantitative estimate of drug-likeness (QED) is 0.488. The molecule has 0 unspecified atom stereocenters.